The summed E-state index contributed by atoms with van der Waals surface area (Å²) in [5, 5.41) is 26.9. The summed E-state index contributed by atoms with van der Waals surface area (Å²) in [4.78, 5) is 32.8. The average Bonchev–Trinajstić information content (AvgIpc) is 2.63. The topological polar surface area (TPSA) is 112 Å². The van der Waals surface area contributed by atoms with E-state index in [1.807, 2.05) is 0 Å². The Hall–Kier alpha value is -1.89. The molecule has 0 spiro atoms. The molecule has 29 heavy (non-hydrogen) atoms. The van der Waals surface area contributed by atoms with Gasteiger partial charge in [0.15, 0.2) is 0 Å². The van der Waals surface area contributed by atoms with E-state index in [0.29, 0.717) is 49.9 Å². The maximum absolute atomic E-state index is 10.9. The molecule has 0 atom stereocenters. The largest absolute Gasteiger partial charge is 0.481 e. The van der Waals surface area contributed by atoms with Crippen molar-refractivity contribution in [1.29, 1.82) is 0 Å². The van der Waals surface area contributed by atoms with Crippen LogP contribution in [0.15, 0.2) is 12.2 Å². The van der Waals surface area contributed by atoms with Gasteiger partial charge in [-0.25, -0.2) is 0 Å². The SMILES string of the molecule is CCCCCCC/C=C/C[N+](CCCC(=O)O)(CCCC(=O)O)CCCC(=O)O. The molecule has 0 aliphatic carbocycles. The number of hydrogen-bond acceptors (Lipinski definition) is 3. The molecule has 0 saturated carbocycles. The smallest absolute Gasteiger partial charge is 0.303 e. The van der Waals surface area contributed by atoms with E-state index in [0.717, 1.165) is 12.8 Å². The van der Waals surface area contributed by atoms with Gasteiger partial charge in [-0.05, 0) is 18.9 Å². The molecule has 0 aromatic rings. The number of carboxylic acids is 3. The number of unbranched alkanes of at least 4 members (excludes halogenated alkanes) is 5. The first kappa shape index (κ1) is 27.1. The third-order valence-electron chi connectivity index (χ3n) is 5.20. The van der Waals surface area contributed by atoms with Crippen LogP contribution in [0.5, 0.6) is 0 Å². The normalized spacial score (nSPS) is 11.8. The lowest BCUT2D eigenvalue weighted by molar-refractivity contribution is -0.923. The molecular formula is C22H40NO6+. The fourth-order valence-corrected chi connectivity index (χ4v) is 3.59. The number of aliphatic carboxylic acids is 3. The Bertz CT molecular complexity index is 453. The van der Waals surface area contributed by atoms with Gasteiger partial charge in [0.2, 0.25) is 0 Å². The lowest BCUT2D eigenvalue weighted by Gasteiger charge is -2.38. The summed E-state index contributed by atoms with van der Waals surface area (Å²) in [6.45, 7) is 4.73. The first-order valence-corrected chi connectivity index (χ1v) is 11.0. The van der Waals surface area contributed by atoms with Crippen LogP contribution in [0.25, 0.3) is 0 Å². The molecule has 0 aromatic carbocycles. The molecule has 0 bridgehead atoms. The van der Waals surface area contributed by atoms with Gasteiger partial charge in [0, 0.05) is 19.3 Å². The van der Waals surface area contributed by atoms with Crippen molar-refractivity contribution in [2.24, 2.45) is 0 Å². The Kier molecular flexibility index (Phi) is 15.9. The van der Waals surface area contributed by atoms with Gasteiger partial charge in [0.1, 0.15) is 0 Å². The van der Waals surface area contributed by atoms with Crippen molar-refractivity contribution in [3.8, 4) is 0 Å². The van der Waals surface area contributed by atoms with Gasteiger partial charge in [-0.15, -0.1) is 0 Å². The minimum atomic E-state index is -0.846. The van der Waals surface area contributed by atoms with Gasteiger partial charge in [0.25, 0.3) is 0 Å². The van der Waals surface area contributed by atoms with Crippen LogP contribution in [0.4, 0.5) is 0 Å². The van der Waals surface area contributed by atoms with Crippen LogP contribution in [-0.4, -0.2) is 63.9 Å². The fraction of sp³-hybridized carbons (Fsp3) is 0.773. The van der Waals surface area contributed by atoms with E-state index in [1.54, 1.807) is 0 Å². The van der Waals surface area contributed by atoms with Crippen LogP contribution in [0, 0.1) is 0 Å². The highest BCUT2D eigenvalue weighted by molar-refractivity contribution is 5.67. The molecule has 7 nitrogen and oxygen atoms in total. The van der Waals surface area contributed by atoms with Crippen LogP contribution >= 0.6 is 0 Å². The quantitative estimate of drug-likeness (QED) is 0.155. The van der Waals surface area contributed by atoms with E-state index in [-0.39, 0.29) is 19.3 Å². The minimum Gasteiger partial charge on any atom is -0.481 e. The molecule has 0 unspecified atom stereocenters. The molecule has 0 rings (SSSR count). The van der Waals surface area contributed by atoms with Crippen molar-refractivity contribution in [3.63, 3.8) is 0 Å². The van der Waals surface area contributed by atoms with Crippen molar-refractivity contribution >= 4 is 17.9 Å². The predicted octanol–water partition coefficient (Wildman–Crippen LogP) is 4.31. The first-order valence-electron chi connectivity index (χ1n) is 11.0. The number of carbonyl (C=O) groups is 3. The highest BCUT2D eigenvalue weighted by Gasteiger charge is 2.26. The van der Waals surface area contributed by atoms with E-state index in [9.17, 15) is 14.4 Å². The molecule has 0 amide bonds. The van der Waals surface area contributed by atoms with Crippen LogP contribution in [0.2, 0.25) is 0 Å². The van der Waals surface area contributed by atoms with Gasteiger partial charge < -0.3 is 19.8 Å². The van der Waals surface area contributed by atoms with Crippen LogP contribution in [-0.2, 0) is 14.4 Å². The summed E-state index contributed by atoms with van der Waals surface area (Å²) < 4.78 is 0.556. The van der Waals surface area contributed by atoms with Gasteiger partial charge in [-0.2, -0.15) is 0 Å². The molecule has 0 saturated heterocycles. The van der Waals surface area contributed by atoms with Crippen LogP contribution in [0.3, 0.4) is 0 Å². The first-order chi connectivity index (χ1) is 13.8. The zero-order chi connectivity index (χ0) is 22.0. The fourth-order valence-electron chi connectivity index (χ4n) is 3.59. The minimum absolute atomic E-state index is 0.0685. The number of rotatable bonds is 20. The lowest BCUT2D eigenvalue weighted by Crippen LogP contribution is -2.50. The van der Waals surface area contributed by atoms with Crippen molar-refractivity contribution in [2.45, 2.75) is 84.0 Å². The molecule has 7 heteroatoms. The summed E-state index contributed by atoms with van der Waals surface area (Å²) in [6, 6.07) is 0. The second-order valence-corrected chi connectivity index (χ2v) is 7.86. The van der Waals surface area contributed by atoms with Gasteiger partial charge in [-0.1, -0.05) is 38.7 Å². The standard InChI is InChI=1S/C22H39NO6/c1-2-3-4-5-6-7-8-9-16-23(17-10-13-20(24)25,18-11-14-21(26)27)19-12-15-22(28)29/h8-9H,2-7,10-19H2,1H3,(H2-,24,25,26,27,28,29)/p+1/b9-8+. The zero-order valence-electron chi connectivity index (χ0n) is 18.0. The molecule has 0 aromatic heterocycles. The average molecular weight is 415 g/mol. The Morgan fingerprint density at radius 2 is 1.10 bits per heavy atom. The van der Waals surface area contributed by atoms with Crippen molar-refractivity contribution in [3.05, 3.63) is 12.2 Å². The van der Waals surface area contributed by atoms with E-state index in [2.05, 4.69) is 19.1 Å². The molecule has 0 heterocycles. The Morgan fingerprint density at radius 1 is 0.655 bits per heavy atom. The Morgan fingerprint density at radius 3 is 1.52 bits per heavy atom. The zero-order valence-corrected chi connectivity index (χ0v) is 18.0. The van der Waals surface area contributed by atoms with Crippen molar-refractivity contribution < 1.29 is 34.2 Å². The van der Waals surface area contributed by atoms with E-state index >= 15 is 0 Å². The molecule has 168 valence electrons. The van der Waals surface area contributed by atoms with E-state index in [4.69, 9.17) is 15.3 Å². The third kappa shape index (κ3) is 16.7. The van der Waals surface area contributed by atoms with E-state index in [1.165, 1.54) is 25.7 Å². The van der Waals surface area contributed by atoms with Crippen LogP contribution < -0.4 is 0 Å². The Balaban J connectivity index is 4.89. The summed E-state index contributed by atoms with van der Waals surface area (Å²) in [6.07, 6.45) is 13.1. The van der Waals surface area contributed by atoms with Crippen LogP contribution in [0.1, 0.15) is 84.0 Å². The number of allylic oxidation sites excluding steroid dienone is 1. The maximum Gasteiger partial charge on any atom is 0.303 e. The monoisotopic (exact) mass is 414 g/mol. The summed E-state index contributed by atoms with van der Waals surface area (Å²) in [5.41, 5.74) is 0. The van der Waals surface area contributed by atoms with Gasteiger partial charge >= 0.3 is 17.9 Å². The summed E-state index contributed by atoms with van der Waals surface area (Å²) >= 11 is 0. The lowest BCUT2D eigenvalue weighted by atomic mass is 10.1. The number of quaternary nitrogens is 1. The second-order valence-electron chi connectivity index (χ2n) is 7.86. The second kappa shape index (κ2) is 17.0. The molecule has 3 N–H and O–H groups in total. The van der Waals surface area contributed by atoms with Crippen molar-refractivity contribution in [1.82, 2.24) is 0 Å². The Labute approximate surface area is 175 Å². The van der Waals surface area contributed by atoms with Crippen molar-refractivity contribution in [2.75, 3.05) is 26.2 Å². The summed E-state index contributed by atoms with van der Waals surface area (Å²) in [5.74, 6) is -2.54. The molecule has 0 fully saturated rings. The molecular weight excluding hydrogens is 374 g/mol. The number of carboxylic acid groups (broad SMARTS) is 3. The third-order valence-corrected chi connectivity index (χ3v) is 5.20. The number of nitrogens with zero attached hydrogens (tertiary/aromatic N) is 1. The highest BCUT2D eigenvalue weighted by atomic mass is 16.4. The van der Waals surface area contributed by atoms with E-state index < -0.39 is 17.9 Å². The number of hydrogen-bond donors (Lipinski definition) is 3. The molecule has 0 radical (unpaired) electrons. The molecule has 0 aliphatic rings. The summed E-state index contributed by atoms with van der Waals surface area (Å²) in [7, 11) is 0. The molecule has 0 aliphatic heterocycles. The predicted molar refractivity (Wildman–Crippen MR) is 113 cm³/mol. The highest BCUT2D eigenvalue weighted by Crippen LogP contribution is 2.16. The van der Waals surface area contributed by atoms with Gasteiger partial charge in [0.05, 0.1) is 45.4 Å². The van der Waals surface area contributed by atoms with Gasteiger partial charge in [-0.3, -0.25) is 14.4 Å². The maximum atomic E-state index is 10.9.